The van der Waals surface area contributed by atoms with Crippen LogP contribution in [-0.4, -0.2) is 27.7 Å². The number of pyridine rings is 1. The summed E-state index contributed by atoms with van der Waals surface area (Å²) in [4.78, 5) is 15.6. The van der Waals surface area contributed by atoms with Gasteiger partial charge in [-0.25, -0.2) is 0 Å². The summed E-state index contributed by atoms with van der Waals surface area (Å²) in [6, 6.07) is 3.62. The fraction of sp³-hybridized carbons (Fsp3) is 0.308. The summed E-state index contributed by atoms with van der Waals surface area (Å²) in [6.07, 6.45) is 1.62. The quantitative estimate of drug-likeness (QED) is 0.857. The Morgan fingerprint density at radius 1 is 1.47 bits per heavy atom. The maximum absolute atomic E-state index is 11.5. The van der Waals surface area contributed by atoms with E-state index in [1.165, 1.54) is 0 Å². The van der Waals surface area contributed by atoms with Gasteiger partial charge >= 0.3 is 0 Å². The molecule has 0 aliphatic carbocycles. The van der Waals surface area contributed by atoms with E-state index >= 15 is 0 Å². The van der Waals surface area contributed by atoms with Crippen molar-refractivity contribution in [2.75, 3.05) is 12.8 Å². The minimum Gasteiger partial charge on any atom is -0.396 e. The monoisotopic (exact) mass is 259 g/mol. The van der Waals surface area contributed by atoms with Crippen molar-refractivity contribution in [2.45, 2.75) is 20.4 Å². The molecule has 3 N–H and O–H groups in total. The predicted molar refractivity (Wildman–Crippen MR) is 72.8 cm³/mol. The summed E-state index contributed by atoms with van der Waals surface area (Å²) in [5.41, 5.74) is 9.70. The van der Waals surface area contributed by atoms with E-state index in [1.54, 1.807) is 19.3 Å². The summed E-state index contributed by atoms with van der Waals surface area (Å²) in [7, 11) is 1.58. The molecule has 0 saturated heterocycles. The predicted octanol–water partition coefficient (Wildman–Crippen LogP) is 0.885. The molecule has 2 rings (SSSR count). The summed E-state index contributed by atoms with van der Waals surface area (Å²) in [5, 5.41) is 6.92. The Labute approximate surface area is 111 Å². The number of rotatable bonds is 3. The molecule has 19 heavy (non-hydrogen) atoms. The normalized spacial score (nSPS) is 10.5. The Morgan fingerprint density at radius 3 is 2.79 bits per heavy atom. The first-order valence-corrected chi connectivity index (χ1v) is 5.99. The third kappa shape index (κ3) is 2.57. The topological polar surface area (TPSA) is 85.8 Å². The van der Waals surface area contributed by atoms with Crippen molar-refractivity contribution in [3.63, 3.8) is 0 Å². The van der Waals surface area contributed by atoms with Crippen LogP contribution in [0.2, 0.25) is 0 Å². The number of hydrogen-bond acceptors (Lipinski definition) is 4. The number of hydrogen-bond donors (Lipinski definition) is 2. The molecule has 0 radical (unpaired) electrons. The zero-order valence-corrected chi connectivity index (χ0v) is 11.3. The second-order valence-corrected chi connectivity index (χ2v) is 4.37. The van der Waals surface area contributed by atoms with Crippen LogP contribution in [-0.2, 0) is 6.54 Å². The van der Waals surface area contributed by atoms with Gasteiger partial charge in [-0.15, -0.1) is 0 Å². The molecule has 100 valence electrons. The Balaban J connectivity index is 2.28. The van der Waals surface area contributed by atoms with E-state index < -0.39 is 0 Å². The van der Waals surface area contributed by atoms with Gasteiger partial charge in [-0.2, -0.15) is 5.10 Å². The van der Waals surface area contributed by atoms with Gasteiger partial charge in [-0.1, -0.05) is 0 Å². The van der Waals surface area contributed by atoms with Crippen LogP contribution in [0.15, 0.2) is 18.3 Å². The maximum Gasteiger partial charge on any atom is 0.269 e. The number of aromatic nitrogens is 3. The number of nitrogens with zero attached hydrogens (tertiary/aromatic N) is 3. The molecular weight excluding hydrogens is 242 g/mol. The molecule has 0 bridgehead atoms. The lowest BCUT2D eigenvalue weighted by Gasteiger charge is -2.06. The van der Waals surface area contributed by atoms with E-state index in [-0.39, 0.29) is 5.91 Å². The minimum atomic E-state index is -0.199. The smallest absolute Gasteiger partial charge is 0.269 e. The lowest BCUT2D eigenvalue weighted by molar-refractivity contribution is 0.0958. The number of amides is 1. The summed E-state index contributed by atoms with van der Waals surface area (Å²) in [6.45, 7) is 4.37. The second kappa shape index (κ2) is 5.09. The number of carbonyl (C=O) groups excluding carboxylic acids is 1. The van der Waals surface area contributed by atoms with Crippen molar-refractivity contribution in [2.24, 2.45) is 0 Å². The second-order valence-electron chi connectivity index (χ2n) is 4.37. The molecule has 0 spiro atoms. The summed E-state index contributed by atoms with van der Waals surface area (Å²) in [5.74, 6) is -0.199. The molecule has 1 amide bonds. The van der Waals surface area contributed by atoms with Crippen LogP contribution in [0.3, 0.4) is 0 Å². The number of carbonyl (C=O) groups is 1. The minimum absolute atomic E-state index is 0.199. The number of aryl methyl sites for hydroxylation is 1. The van der Waals surface area contributed by atoms with Gasteiger partial charge in [0.2, 0.25) is 0 Å². The Kier molecular flexibility index (Phi) is 3.50. The fourth-order valence-electron chi connectivity index (χ4n) is 1.86. The van der Waals surface area contributed by atoms with Crippen LogP contribution in [0.1, 0.15) is 27.4 Å². The average molecular weight is 259 g/mol. The van der Waals surface area contributed by atoms with Gasteiger partial charge in [-0.3, -0.25) is 14.5 Å². The number of nitrogen functional groups attached to an aromatic ring is 1. The summed E-state index contributed by atoms with van der Waals surface area (Å²) >= 11 is 0. The number of anilines is 1. The standard InChI is InChI=1S/C13H17N5O/c1-8-12(14)9(2)18(17-8)7-10-4-5-16-11(6-10)13(19)15-3/h4-6H,7,14H2,1-3H3,(H,15,19). The lowest BCUT2D eigenvalue weighted by Crippen LogP contribution is -2.19. The van der Waals surface area contributed by atoms with Gasteiger partial charge in [-0.05, 0) is 31.5 Å². The van der Waals surface area contributed by atoms with Crippen molar-refractivity contribution < 1.29 is 4.79 Å². The molecule has 0 unspecified atom stereocenters. The van der Waals surface area contributed by atoms with Crippen LogP contribution in [0.5, 0.6) is 0 Å². The third-order valence-corrected chi connectivity index (χ3v) is 3.05. The fourth-order valence-corrected chi connectivity index (χ4v) is 1.86. The first-order chi connectivity index (χ1) is 9.02. The highest BCUT2D eigenvalue weighted by Crippen LogP contribution is 2.16. The van der Waals surface area contributed by atoms with Gasteiger partial charge in [0.1, 0.15) is 5.69 Å². The molecule has 0 fully saturated rings. The molecule has 0 saturated carbocycles. The molecule has 2 aromatic rings. The molecule has 2 aromatic heterocycles. The van der Waals surface area contributed by atoms with Crippen molar-refractivity contribution in [3.8, 4) is 0 Å². The molecule has 0 atom stereocenters. The lowest BCUT2D eigenvalue weighted by atomic mass is 10.2. The summed E-state index contributed by atoms with van der Waals surface area (Å²) < 4.78 is 1.83. The molecular formula is C13H17N5O. The van der Waals surface area contributed by atoms with E-state index in [1.807, 2.05) is 24.6 Å². The highest BCUT2D eigenvalue weighted by molar-refractivity contribution is 5.92. The van der Waals surface area contributed by atoms with Crippen molar-refractivity contribution in [1.82, 2.24) is 20.1 Å². The maximum atomic E-state index is 11.5. The largest absolute Gasteiger partial charge is 0.396 e. The van der Waals surface area contributed by atoms with Crippen molar-refractivity contribution >= 4 is 11.6 Å². The van der Waals surface area contributed by atoms with Crippen LogP contribution in [0.4, 0.5) is 5.69 Å². The first kappa shape index (κ1) is 13.1. The van der Waals surface area contributed by atoms with Crippen LogP contribution >= 0.6 is 0 Å². The number of nitrogens with two attached hydrogens (primary N) is 1. The molecule has 2 heterocycles. The SMILES string of the molecule is CNC(=O)c1cc(Cn2nc(C)c(N)c2C)ccn1. The van der Waals surface area contributed by atoms with Gasteiger partial charge in [0.25, 0.3) is 5.91 Å². The molecule has 0 aliphatic heterocycles. The first-order valence-electron chi connectivity index (χ1n) is 5.99. The zero-order chi connectivity index (χ0) is 14.0. The Morgan fingerprint density at radius 2 is 2.21 bits per heavy atom. The van der Waals surface area contributed by atoms with E-state index in [0.717, 1.165) is 17.0 Å². The van der Waals surface area contributed by atoms with Gasteiger partial charge < -0.3 is 11.1 Å². The third-order valence-electron chi connectivity index (χ3n) is 3.05. The highest BCUT2D eigenvalue weighted by Gasteiger charge is 2.10. The molecule has 6 heteroatoms. The van der Waals surface area contributed by atoms with Crippen LogP contribution in [0, 0.1) is 13.8 Å². The van der Waals surface area contributed by atoms with Crippen LogP contribution < -0.4 is 11.1 Å². The van der Waals surface area contributed by atoms with E-state index in [2.05, 4.69) is 15.4 Å². The zero-order valence-electron chi connectivity index (χ0n) is 11.3. The van der Waals surface area contributed by atoms with Crippen molar-refractivity contribution in [1.29, 1.82) is 0 Å². The van der Waals surface area contributed by atoms with E-state index in [4.69, 9.17) is 5.73 Å². The van der Waals surface area contributed by atoms with Crippen LogP contribution in [0.25, 0.3) is 0 Å². The Bertz CT molecular complexity index is 617. The highest BCUT2D eigenvalue weighted by atomic mass is 16.1. The Hall–Kier alpha value is -2.37. The number of nitrogens with one attached hydrogen (secondary N) is 1. The van der Waals surface area contributed by atoms with E-state index in [9.17, 15) is 4.79 Å². The molecule has 6 nitrogen and oxygen atoms in total. The molecule has 0 aromatic carbocycles. The van der Waals surface area contributed by atoms with Gasteiger partial charge in [0.05, 0.1) is 23.6 Å². The van der Waals surface area contributed by atoms with Gasteiger partial charge in [0, 0.05) is 13.2 Å². The van der Waals surface area contributed by atoms with Crippen molar-refractivity contribution in [3.05, 3.63) is 41.0 Å². The van der Waals surface area contributed by atoms with E-state index in [0.29, 0.717) is 17.9 Å². The molecule has 0 aliphatic rings. The van der Waals surface area contributed by atoms with Gasteiger partial charge in [0.15, 0.2) is 0 Å². The average Bonchev–Trinajstić information content (AvgIpc) is 2.66.